The van der Waals surface area contributed by atoms with E-state index >= 15 is 0 Å². The summed E-state index contributed by atoms with van der Waals surface area (Å²) in [6.45, 7) is 0. The molecule has 2 atom stereocenters. The minimum absolute atomic E-state index is 0.0694. The van der Waals surface area contributed by atoms with E-state index < -0.39 is 21.3 Å². The van der Waals surface area contributed by atoms with Gasteiger partial charge in [0.2, 0.25) is 10.0 Å². The van der Waals surface area contributed by atoms with Gasteiger partial charge in [0.25, 0.3) is 0 Å². The summed E-state index contributed by atoms with van der Waals surface area (Å²) in [6.07, 6.45) is 4.83. The third-order valence-electron chi connectivity index (χ3n) is 5.93. The monoisotopic (exact) mass is 499 g/mol. The number of benzene rings is 2. The van der Waals surface area contributed by atoms with Crippen molar-refractivity contribution in [2.24, 2.45) is 5.10 Å². The Morgan fingerprint density at radius 3 is 2.32 bits per heavy atom. The Kier molecular flexibility index (Phi) is 7.14. The first-order valence-corrected chi connectivity index (χ1v) is 13.0. The topological polar surface area (TPSA) is 70.6 Å². The van der Waals surface area contributed by atoms with E-state index in [1.54, 1.807) is 18.2 Å². The van der Waals surface area contributed by atoms with Gasteiger partial charge in [-0.3, -0.25) is 0 Å². The van der Waals surface area contributed by atoms with Gasteiger partial charge in [-0.25, -0.2) is 13.1 Å². The van der Waals surface area contributed by atoms with Gasteiger partial charge in [0, 0.05) is 21.5 Å². The highest BCUT2D eigenvalue weighted by Crippen LogP contribution is 2.34. The molecule has 1 aliphatic carbocycles. The highest BCUT2D eigenvalue weighted by atomic mass is 35.5. The molecule has 0 spiro atoms. The largest absolute Gasteiger partial charge is 0.302 e. The average Bonchev–Trinajstić information content (AvgIpc) is 3.24. The molecule has 9 heteroatoms. The first-order chi connectivity index (χ1) is 14.8. The second-order valence-corrected chi connectivity index (χ2v) is 11.3. The molecule has 2 N–H and O–H groups in total. The Morgan fingerprint density at radius 2 is 1.65 bits per heavy atom. The van der Waals surface area contributed by atoms with Crippen molar-refractivity contribution in [3.05, 3.63) is 68.7 Å². The molecule has 0 radical (unpaired) electrons. The SMILES string of the molecule is O=S(=O)(NC(C1=NNC(c2ccc(Cl)cc2)C1)c1ccc(Cl)cc1Cl)C1CCCCC1. The first-order valence-electron chi connectivity index (χ1n) is 10.4. The van der Waals surface area contributed by atoms with Gasteiger partial charge in [-0.15, -0.1) is 0 Å². The van der Waals surface area contributed by atoms with Crippen LogP contribution in [0.5, 0.6) is 0 Å². The number of rotatable bonds is 6. The molecule has 0 bridgehead atoms. The minimum Gasteiger partial charge on any atom is -0.302 e. The van der Waals surface area contributed by atoms with Crippen LogP contribution >= 0.6 is 34.8 Å². The maximum absolute atomic E-state index is 13.2. The summed E-state index contributed by atoms with van der Waals surface area (Å²) in [5.74, 6) is 0. The van der Waals surface area contributed by atoms with Crippen molar-refractivity contribution in [2.75, 3.05) is 0 Å². The number of hydrazone groups is 1. The van der Waals surface area contributed by atoms with Crippen molar-refractivity contribution < 1.29 is 8.42 Å². The van der Waals surface area contributed by atoms with Gasteiger partial charge in [0.15, 0.2) is 0 Å². The fourth-order valence-electron chi connectivity index (χ4n) is 4.21. The first kappa shape index (κ1) is 22.9. The maximum atomic E-state index is 13.2. The van der Waals surface area contributed by atoms with Crippen LogP contribution in [0, 0.1) is 0 Å². The highest BCUT2D eigenvalue weighted by Gasteiger charge is 2.35. The minimum atomic E-state index is -3.55. The van der Waals surface area contributed by atoms with Crippen molar-refractivity contribution in [1.29, 1.82) is 0 Å². The predicted molar refractivity (Wildman–Crippen MR) is 128 cm³/mol. The lowest BCUT2D eigenvalue weighted by molar-refractivity contribution is 0.476. The number of halogens is 3. The third kappa shape index (κ3) is 5.37. The Hall–Kier alpha value is -1.31. The lowest BCUT2D eigenvalue weighted by Gasteiger charge is -2.26. The van der Waals surface area contributed by atoms with E-state index in [0.717, 1.165) is 24.8 Å². The number of hydrogen-bond acceptors (Lipinski definition) is 4. The van der Waals surface area contributed by atoms with Crippen LogP contribution in [0.15, 0.2) is 47.6 Å². The maximum Gasteiger partial charge on any atom is 0.215 e. The van der Waals surface area contributed by atoms with Crippen LogP contribution in [0.4, 0.5) is 0 Å². The lowest BCUT2D eigenvalue weighted by atomic mass is 9.96. The number of nitrogens with one attached hydrogen (secondary N) is 2. The zero-order valence-electron chi connectivity index (χ0n) is 16.8. The predicted octanol–water partition coefficient (Wildman–Crippen LogP) is 6.03. The molecule has 2 aliphatic rings. The molecule has 1 fully saturated rings. The molecular weight excluding hydrogens is 477 g/mol. The smallest absolute Gasteiger partial charge is 0.215 e. The molecular formula is C22H24Cl3N3O2S. The van der Waals surface area contributed by atoms with Gasteiger partial charge in [-0.05, 0) is 48.2 Å². The van der Waals surface area contributed by atoms with E-state index in [2.05, 4.69) is 15.2 Å². The van der Waals surface area contributed by atoms with Crippen molar-refractivity contribution in [1.82, 2.24) is 10.1 Å². The van der Waals surface area contributed by atoms with Crippen LogP contribution in [0.25, 0.3) is 0 Å². The lowest BCUT2D eigenvalue weighted by Crippen LogP contribution is -2.40. The number of nitrogens with zero attached hydrogens (tertiary/aromatic N) is 1. The van der Waals surface area contributed by atoms with Crippen LogP contribution in [0.3, 0.4) is 0 Å². The normalized spacial score (nSPS) is 20.9. The fourth-order valence-corrected chi connectivity index (χ4v) is 6.60. The molecule has 1 aliphatic heterocycles. The quantitative estimate of drug-likeness (QED) is 0.509. The summed E-state index contributed by atoms with van der Waals surface area (Å²) in [6, 6.07) is 11.9. The molecule has 5 nitrogen and oxygen atoms in total. The highest BCUT2D eigenvalue weighted by molar-refractivity contribution is 7.90. The van der Waals surface area contributed by atoms with Crippen molar-refractivity contribution in [2.45, 2.75) is 55.9 Å². The summed E-state index contributed by atoms with van der Waals surface area (Å²) in [7, 11) is -3.55. The number of hydrogen-bond donors (Lipinski definition) is 2. The van der Waals surface area contributed by atoms with Crippen molar-refractivity contribution in [3.63, 3.8) is 0 Å². The molecule has 2 aromatic rings. The summed E-state index contributed by atoms with van der Waals surface area (Å²) in [4.78, 5) is 0. The molecule has 166 valence electrons. The van der Waals surface area contributed by atoms with Gasteiger partial charge >= 0.3 is 0 Å². The summed E-state index contributed by atoms with van der Waals surface area (Å²) in [5.41, 5.74) is 5.48. The van der Waals surface area contributed by atoms with Gasteiger partial charge < -0.3 is 5.43 Å². The van der Waals surface area contributed by atoms with E-state index in [4.69, 9.17) is 34.8 Å². The second kappa shape index (κ2) is 9.67. The summed E-state index contributed by atoms with van der Waals surface area (Å²) >= 11 is 18.6. The summed E-state index contributed by atoms with van der Waals surface area (Å²) in [5, 5.41) is 5.67. The molecule has 2 unspecified atom stereocenters. The molecule has 1 saturated carbocycles. The van der Waals surface area contributed by atoms with E-state index in [1.807, 2.05) is 24.3 Å². The average molecular weight is 501 g/mol. The molecule has 1 heterocycles. The Bertz CT molecular complexity index is 1070. The second-order valence-electron chi connectivity index (χ2n) is 8.06. The van der Waals surface area contributed by atoms with Crippen LogP contribution in [0.1, 0.15) is 61.7 Å². The number of sulfonamides is 1. The van der Waals surface area contributed by atoms with Crippen LogP contribution in [-0.2, 0) is 10.0 Å². The molecule has 4 rings (SSSR count). The van der Waals surface area contributed by atoms with E-state index in [-0.39, 0.29) is 6.04 Å². The van der Waals surface area contributed by atoms with Gasteiger partial charge in [0.1, 0.15) is 0 Å². The molecule has 31 heavy (non-hydrogen) atoms. The van der Waals surface area contributed by atoms with Crippen LogP contribution in [0.2, 0.25) is 15.1 Å². The van der Waals surface area contributed by atoms with Gasteiger partial charge in [-0.2, -0.15) is 5.10 Å². The van der Waals surface area contributed by atoms with Crippen LogP contribution < -0.4 is 10.1 Å². The fraction of sp³-hybridized carbons (Fsp3) is 0.409. The molecule has 0 saturated heterocycles. The Morgan fingerprint density at radius 1 is 0.968 bits per heavy atom. The molecule has 2 aromatic carbocycles. The van der Waals surface area contributed by atoms with E-state index in [1.165, 1.54) is 0 Å². The van der Waals surface area contributed by atoms with Gasteiger partial charge in [0.05, 0.1) is 23.0 Å². The zero-order valence-corrected chi connectivity index (χ0v) is 19.9. The Balaban J connectivity index is 1.62. The molecule has 0 amide bonds. The van der Waals surface area contributed by atoms with E-state index in [0.29, 0.717) is 45.6 Å². The van der Waals surface area contributed by atoms with Crippen molar-refractivity contribution >= 4 is 50.5 Å². The molecule has 0 aromatic heterocycles. The summed E-state index contributed by atoms with van der Waals surface area (Å²) < 4.78 is 29.4. The van der Waals surface area contributed by atoms with Crippen molar-refractivity contribution in [3.8, 4) is 0 Å². The zero-order chi connectivity index (χ0) is 22.0. The van der Waals surface area contributed by atoms with Gasteiger partial charge in [-0.1, -0.05) is 72.3 Å². The standard InChI is InChI=1S/C22H24Cl3N3O2S/c23-15-8-6-14(7-9-15)20-13-21(27-26-20)22(18-11-10-16(24)12-19(18)25)28-31(29,30)17-4-2-1-3-5-17/h6-12,17,20,22,26,28H,1-5,13H2. The van der Waals surface area contributed by atoms with E-state index in [9.17, 15) is 8.42 Å². The third-order valence-corrected chi connectivity index (χ3v) is 8.66. The van der Waals surface area contributed by atoms with Crippen LogP contribution in [-0.4, -0.2) is 19.4 Å². The Labute approximate surface area is 198 Å².